The molecule has 0 aromatic rings. The van der Waals surface area contributed by atoms with Gasteiger partial charge < -0.3 is 4.74 Å². The van der Waals surface area contributed by atoms with Crippen LogP contribution in [0.4, 0.5) is 0 Å². The molecule has 1 heterocycles. The second kappa shape index (κ2) is 3.55. The van der Waals surface area contributed by atoms with Crippen LogP contribution in [-0.4, -0.2) is 18.6 Å². The van der Waals surface area contributed by atoms with Crippen LogP contribution >= 0.6 is 11.6 Å². The number of hydrogen-bond acceptors (Lipinski definition) is 1. The molecular weight excluding hydrogens is 172 g/mol. The average Bonchev–Trinajstić information content (AvgIpc) is 2.49. The maximum atomic E-state index is 5.98. The molecule has 0 radical (unpaired) electrons. The normalized spacial score (nSPS) is 33.2. The van der Waals surface area contributed by atoms with Gasteiger partial charge in [-0.1, -0.05) is 6.42 Å². The van der Waals surface area contributed by atoms with E-state index in [4.69, 9.17) is 16.3 Å². The molecule has 0 bridgehead atoms. The first-order valence-electron chi connectivity index (χ1n) is 5.02. The van der Waals surface area contributed by atoms with Gasteiger partial charge in [-0.25, -0.2) is 0 Å². The van der Waals surface area contributed by atoms with Crippen molar-refractivity contribution in [3.63, 3.8) is 0 Å². The second-order valence-electron chi connectivity index (χ2n) is 4.33. The summed E-state index contributed by atoms with van der Waals surface area (Å²) in [6.07, 6.45) is 8.30. The highest BCUT2D eigenvalue weighted by Gasteiger charge is 2.38. The second-order valence-corrected chi connectivity index (χ2v) is 4.59. The van der Waals surface area contributed by atoms with E-state index in [9.17, 15) is 0 Å². The van der Waals surface area contributed by atoms with Crippen molar-refractivity contribution >= 4 is 11.6 Å². The first-order chi connectivity index (χ1) is 5.85. The quantitative estimate of drug-likeness (QED) is 0.619. The maximum absolute atomic E-state index is 5.98. The first-order valence-corrected chi connectivity index (χ1v) is 5.56. The number of halogens is 1. The summed E-state index contributed by atoms with van der Waals surface area (Å²) in [6, 6.07) is 0. The Balaban J connectivity index is 1.83. The van der Waals surface area contributed by atoms with Gasteiger partial charge in [0.1, 0.15) is 0 Å². The van der Waals surface area contributed by atoms with Gasteiger partial charge in [0.05, 0.1) is 6.10 Å². The minimum atomic E-state index is 0.469. The van der Waals surface area contributed by atoms with E-state index in [1.165, 1.54) is 38.5 Å². The topological polar surface area (TPSA) is 9.23 Å². The summed E-state index contributed by atoms with van der Waals surface area (Å²) in [5.74, 6) is 0.840. The molecule has 1 aliphatic heterocycles. The first kappa shape index (κ1) is 8.83. The van der Waals surface area contributed by atoms with E-state index in [0.29, 0.717) is 11.5 Å². The maximum Gasteiger partial charge on any atom is 0.0581 e. The fraction of sp³-hybridized carbons (Fsp3) is 1.00. The van der Waals surface area contributed by atoms with Gasteiger partial charge in [-0.2, -0.15) is 0 Å². The zero-order valence-electron chi connectivity index (χ0n) is 7.52. The third kappa shape index (κ3) is 1.62. The summed E-state index contributed by atoms with van der Waals surface area (Å²) in [5, 5.41) is 0. The predicted octanol–water partition coefficient (Wildman–Crippen LogP) is 2.96. The van der Waals surface area contributed by atoms with Crippen molar-refractivity contribution in [3.05, 3.63) is 0 Å². The fourth-order valence-electron chi connectivity index (χ4n) is 2.36. The van der Waals surface area contributed by atoms with Crippen molar-refractivity contribution in [1.82, 2.24) is 0 Å². The van der Waals surface area contributed by atoms with Crippen molar-refractivity contribution in [2.24, 2.45) is 5.41 Å². The van der Waals surface area contributed by atoms with Gasteiger partial charge in [-0.05, 0) is 37.5 Å². The molecule has 0 aromatic heterocycles. The van der Waals surface area contributed by atoms with Crippen molar-refractivity contribution < 1.29 is 4.74 Å². The lowest BCUT2D eigenvalue weighted by molar-refractivity contribution is 0.0348. The summed E-state index contributed by atoms with van der Waals surface area (Å²) in [4.78, 5) is 0. The standard InChI is InChI=1S/C10H17ClO/c11-8-10(4-2-5-10)7-9-3-1-6-12-9/h9H,1-8H2/t9-/m0/s1. The van der Waals surface area contributed by atoms with Gasteiger partial charge in [0.2, 0.25) is 0 Å². The largest absolute Gasteiger partial charge is 0.378 e. The van der Waals surface area contributed by atoms with Crippen molar-refractivity contribution in [2.75, 3.05) is 12.5 Å². The molecule has 1 nitrogen and oxygen atoms in total. The molecule has 0 spiro atoms. The lowest BCUT2D eigenvalue weighted by Gasteiger charge is -2.41. The Morgan fingerprint density at radius 2 is 2.17 bits per heavy atom. The Bertz CT molecular complexity index is 142. The zero-order valence-corrected chi connectivity index (χ0v) is 8.28. The summed E-state index contributed by atoms with van der Waals surface area (Å²) in [5.41, 5.74) is 0.469. The molecule has 1 saturated heterocycles. The molecule has 2 aliphatic rings. The molecule has 2 fully saturated rings. The Kier molecular flexibility index (Phi) is 2.61. The number of rotatable bonds is 3. The number of alkyl halides is 1. The molecule has 2 rings (SSSR count). The molecular formula is C10H17ClO. The monoisotopic (exact) mass is 188 g/mol. The van der Waals surface area contributed by atoms with Crippen LogP contribution in [0.1, 0.15) is 38.5 Å². The van der Waals surface area contributed by atoms with E-state index >= 15 is 0 Å². The van der Waals surface area contributed by atoms with Crippen LogP contribution in [0.5, 0.6) is 0 Å². The van der Waals surface area contributed by atoms with Crippen LogP contribution < -0.4 is 0 Å². The van der Waals surface area contributed by atoms with Crippen molar-refractivity contribution in [2.45, 2.75) is 44.6 Å². The third-order valence-corrected chi connectivity index (χ3v) is 3.95. The highest BCUT2D eigenvalue weighted by molar-refractivity contribution is 6.18. The number of hydrogen-bond donors (Lipinski definition) is 0. The Hall–Kier alpha value is 0.250. The van der Waals surface area contributed by atoms with Crippen molar-refractivity contribution in [1.29, 1.82) is 0 Å². The minimum absolute atomic E-state index is 0.469. The Morgan fingerprint density at radius 3 is 2.58 bits per heavy atom. The highest BCUT2D eigenvalue weighted by Crippen LogP contribution is 2.47. The van der Waals surface area contributed by atoms with Gasteiger partial charge in [0.25, 0.3) is 0 Å². The molecule has 0 amide bonds. The summed E-state index contributed by atoms with van der Waals surface area (Å²) in [7, 11) is 0. The minimum Gasteiger partial charge on any atom is -0.378 e. The summed E-state index contributed by atoms with van der Waals surface area (Å²) < 4.78 is 5.63. The lowest BCUT2D eigenvalue weighted by Crippen LogP contribution is -2.35. The van der Waals surface area contributed by atoms with Gasteiger partial charge in [-0.3, -0.25) is 0 Å². The predicted molar refractivity (Wildman–Crippen MR) is 50.6 cm³/mol. The highest BCUT2D eigenvalue weighted by atomic mass is 35.5. The molecule has 0 N–H and O–H groups in total. The Labute approximate surface area is 79.4 Å². The molecule has 2 heteroatoms. The van der Waals surface area contributed by atoms with E-state index in [2.05, 4.69) is 0 Å². The fourth-order valence-corrected chi connectivity index (χ4v) is 2.73. The van der Waals surface area contributed by atoms with E-state index in [-0.39, 0.29) is 0 Å². The SMILES string of the molecule is ClCC1(C[C@@H]2CCCO2)CCC1. The zero-order chi connectivity index (χ0) is 8.44. The Morgan fingerprint density at radius 1 is 1.33 bits per heavy atom. The summed E-state index contributed by atoms with van der Waals surface area (Å²) >= 11 is 5.98. The smallest absolute Gasteiger partial charge is 0.0581 e. The molecule has 1 saturated carbocycles. The van der Waals surface area contributed by atoms with E-state index < -0.39 is 0 Å². The van der Waals surface area contributed by atoms with Crippen LogP contribution in [0, 0.1) is 5.41 Å². The van der Waals surface area contributed by atoms with Crippen LogP contribution in [0.3, 0.4) is 0 Å². The van der Waals surface area contributed by atoms with Crippen LogP contribution in [0.15, 0.2) is 0 Å². The van der Waals surface area contributed by atoms with Gasteiger partial charge in [-0.15, -0.1) is 11.6 Å². The number of ether oxygens (including phenoxy) is 1. The third-order valence-electron chi connectivity index (χ3n) is 3.38. The molecule has 1 atom stereocenters. The van der Waals surface area contributed by atoms with Crippen LogP contribution in [0.25, 0.3) is 0 Å². The van der Waals surface area contributed by atoms with Gasteiger partial charge in [0, 0.05) is 12.5 Å². The average molecular weight is 189 g/mol. The summed E-state index contributed by atoms with van der Waals surface area (Å²) in [6.45, 7) is 0.975. The molecule has 1 aliphatic carbocycles. The van der Waals surface area contributed by atoms with E-state index in [0.717, 1.165) is 12.5 Å². The molecule has 12 heavy (non-hydrogen) atoms. The molecule has 70 valence electrons. The van der Waals surface area contributed by atoms with Crippen molar-refractivity contribution in [3.8, 4) is 0 Å². The van der Waals surface area contributed by atoms with Crippen LogP contribution in [-0.2, 0) is 4.74 Å². The van der Waals surface area contributed by atoms with Crippen LogP contribution in [0.2, 0.25) is 0 Å². The van der Waals surface area contributed by atoms with Gasteiger partial charge in [0.15, 0.2) is 0 Å². The van der Waals surface area contributed by atoms with E-state index in [1.807, 2.05) is 0 Å². The molecule has 0 aromatic carbocycles. The van der Waals surface area contributed by atoms with Gasteiger partial charge >= 0.3 is 0 Å². The van der Waals surface area contributed by atoms with E-state index in [1.54, 1.807) is 0 Å². The molecule has 0 unspecified atom stereocenters. The lowest BCUT2D eigenvalue weighted by atomic mass is 9.67.